The lowest BCUT2D eigenvalue weighted by atomic mass is 10.2. The van der Waals surface area contributed by atoms with Crippen LogP contribution in [0.25, 0.3) is 22.7 Å². The van der Waals surface area contributed by atoms with Gasteiger partial charge in [0.1, 0.15) is 17.0 Å². The summed E-state index contributed by atoms with van der Waals surface area (Å²) in [5, 5.41) is 0. The van der Waals surface area contributed by atoms with E-state index in [-0.39, 0.29) is 0 Å². The first-order valence-corrected chi connectivity index (χ1v) is 5.90. The van der Waals surface area contributed by atoms with Crippen LogP contribution in [0.2, 0.25) is 0 Å². The van der Waals surface area contributed by atoms with E-state index in [0.717, 1.165) is 16.8 Å². The molecule has 0 saturated heterocycles. The molecule has 1 aromatic carbocycles. The van der Waals surface area contributed by atoms with Crippen LogP contribution in [-0.4, -0.2) is 17.1 Å². The summed E-state index contributed by atoms with van der Waals surface area (Å²) in [7, 11) is 1.62. The Labute approximate surface area is 110 Å². The Morgan fingerprint density at radius 2 is 2.16 bits per heavy atom. The minimum Gasteiger partial charge on any atom is -0.497 e. The van der Waals surface area contributed by atoms with Gasteiger partial charge in [0, 0.05) is 18.8 Å². The van der Waals surface area contributed by atoms with Gasteiger partial charge in [-0.15, -0.1) is 0 Å². The van der Waals surface area contributed by atoms with Crippen molar-refractivity contribution in [2.45, 2.75) is 6.54 Å². The molecule has 0 radical (unpaired) electrons. The van der Waals surface area contributed by atoms with Crippen molar-refractivity contribution < 1.29 is 9.15 Å². The first-order chi connectivity index (χ1) is 9.30. The Kier molecular flexibility index (Phi) is 2.89. The number of aromatic nitrogens is 2. The van der Waals surface area contributed by atoms with E-state index in [4.69, 9.17) is 14.9 Å². The molecule has 0 fully saturated rings. The standard InChI is InChI=1S/C14H13N3O2/c1-18-10-3-5-11-13(6-10)19-14(17-11)12-4-2-9(7-15)8-16-12/h2-6,8H,7,15H2,1H3. The largest absolute Gasteiger partial charge is 0.497 e. The van der Waals surface area contributed by atoms with Crippen molar-refractivity contribution in [3.05, 3.63) is 42.1 Å². The molecular formula is C14H13N3O2. The third-order valence-corrected chi connectivity index (χ3v) is 2.88. The zero-order chi connectivity index (χ0) is 13.2. The lowest BCUT2D eigenvalue weighted by Crippen LogP contribution is -1.96. The van der Waals surface area contributed by atoms with Gasteiger partial charge in [-0.3, -0.25) is 4.98 Å². The van der Waals surface area contributed by atoms with Crippen molar-refractivity contribution in [2.24, 2.45) is 5.73 Å². The molecule has 0 aliphatic heterocycles. The summed E-state index contributed by atoms with van der Waals surface area (Å²) in [5.41, 5.74) is 8.66. The Bertz CT molecular complexity index is 704. The average molecular weight is 255 g/mol. The van der Waals surface area contributed by atoms with Gasteiger partial charge >= 0.3 is 0 Å². The smallest absolute Gasteiger partial charge is 0.246 e. The highest BCUT2D eigenvalue weighted by molar-refractivity contribution is 5.77. The van der Waals surface area contributed by atoms with Crippen molar-refractivity contribution in [3.63, 3.8) is 0 Å². The van der Waals surface area contributed by atoms with E-state index in [9.17, 15) is 0 Å². The number of fused-ring (bicyclic) bond motifs is 1. The van der Waals surface area contributed by atoms with E-state index in [1.807, 2.05) is 24.3 Å². The lowest BCUT2D eigenvalue weighted by molar-refractivity contribution is 0.414. The molecule has 5 heteroatoms. The molecule has 0 aliphatic rings. The number of oxazole rings is 1. The van der Waals surface area contributed by atoms with E-state index in [1.165, 1.54) is 0 Å². The number of nitrogens with two attached hydrogens (primary N) is 1. The van der Waals surface area contributed by atoms with Crippen LogP contribution in [0.5, 0.6) is 5.75 Å². The second-order valence-corrected chi connectivity index (χ2v) is 4.11. The SMILES string of the molecule is COc1ccc2nc(-c3ccc(CN)cn3)oc2c1. The monoisotopic (exact) mass is 255 g/mol. The van der Waals surface area contributed by atoms with Gasteiger partial charge in [-0.1, -0.05) is 6.07 Å². The van der Waals surface area contributed by atoms with Gasteiger partial charge in [-0.25, -0.2) is 4.98 Å². The zero-order valence-corrected chi connectivity index (χ0v) is 10.5. The summed E-state index contributed by atoms with van der Waals surface area (Å²) in [6, 6.07) is 9.27. The molecule has 5 nitrogen and oxygen atoms in total. The zero-order valence-electron chi connectivity index (χ0n) is 10.5. The third kappa shape index (κ3) is 2.15. The van der Waals surface area contributed by atoms with Gasteiger partial charge < -0.3 is 14.9 Å². The molecule has 0 amide bonds. The molecule has 3 rings (SSSR count). The average Bonchev–Trinajstić information content (AvgIpc) is 2.90. The lowest BCUT2D eigenvalue weighted by Gasteiger charge is -1.97. The number of methoxy groups -OCH3 is 1. The normalized spacial score (nSPS) is 10.8. The highest BCUT2D eigenvalue weighted by Gasteiger charge is 2.10. The Morgan fingerprint density at radius 1 is 1.26 bits per heavy atom. The molecule has 96 valence electrons. The van der Waals surface area contributed by atoms with Gasteiger partial charge in [-0.05, 0) is 23.8 Å². The van der Waals surface area contributed by atoms with Gasteiger partial charge in [-0.2, -0.15) is 0 Å². The third-order valence-electron chi connectivity index (χ3n) is 2.88. The molecule has 0 spiro atoms. The van der Waals surface area contributed by atoms with Crippen molar-refractivity contribution in [3.8, 4) is 17.3 Å². The topological polar surface area (TPSA) is 74.2 Å². The van der Waals surface area contributed by atoms with Crippen molar-refractivity contribution >= 4 is 11.1 Å². The van der Waals surface area contributed by atoms with Gasteiger partial charge in [0.25, 0.3) is 0 Å². The highest BCUT2D eigenvalue weighted by atomic mass is 16.5. The summed E-state index contributed by atoms with van der Waals surface area (Å²) in [5.74, 6) is 1.23. The molecule has 19 heavy (non-hydrogen) atoms. The quantitative estimate of drug-likeness (QED) is 0.777. The number of ether oxygens (including phenoxy) is 1. The maximum absolute atomic E-state index is 5.69. The predicted octanol–water partition coefficient (Wildman–Crippen LogP) is 2.36. The second kappa shape index (κ2) is 4.70. The van der Waals surface area contributed by atoms with Crippen molar-refractivity contribution in [1.29, 1.82) is 0 Å². The first-order valence-electron chi connectivity index (χ1n) is 5.90. The Morgan fingerprint density at radius 3 is 2.84 bits per heavy atom. The van der Waals surface area contributed by atoms with Crippen LogP contribution in [0.15, 0.2) is 40.9 Å². The fourth-order valence-corrected chi connectivity index (χ4v) is 1.81. The molecule has 0 aliphatic carbocycles. The minimum absolute atomic E-state index is 0.470. The van der Waals surface area contributed by atoms with Crippen LogP contribution in [0.1, 0.15) is 5.56 Å². The van der Waals surface area contributed by atoms with Gasteiger partial charge in [0.15, 0.2) is 5.58 Å². The minimum atomic E-state index is 0.470. The van der Waals surface area contributed by atoms with Gasteiger partial charge in [0.2, 0.25) is 5.89 Å². The van der Waals surface area contributed by atoms with Crippen LogP contribution < -0.4 is 10.5 Å². The van der Waals surface area contributed by atoms with Gasteiger partial charge in [0.05, 0.1) is 7.11 Å². The fourth-order valence-electron chi connectivity index (χ4n) is 1.81. The van der Waals surface area contributed by atoms with Crippen molar-refractivity contribution in [1.82, 2.24) is 9.97 Å². The molecule has 2 heterocycles. The molecule has 0 atom stereocenters. The van der Waals surface area contributed by atoms with Crippen LogP contribution in [0, 0.1) is 0 Å². The predicted molar refractivity (Wildman–Crippen MR) is 71.7 cm³/mol. The molecule has 3 aromatic rings. The summed E-state index contributed by atoms with van der Waals surface area (Å²) in [6.07, 6.45) is 1.73. The second-order valence-electron chi connectivity index (χ2n) is 4.11. The number of benzene rings is 1. The number of hydrogen-bond donors (Lipinski definition) is 1. The maximum Gasteiger partial charge on any atom is 0.246 e. The molecular weight excluding hydrogens is 242 g/mol. The first kappa shape index (κ1) is 11.7. The number of pyridine rings is 1. The summed E-state index contributed by atoms with van der Waals surface area (Å²) in [4.78, 5) is 8.69. The number of nitrogens with zero attached hydrogens (tertiary/aromatic N) is 2. The van der Waals surface area contributed by atoms with E-state index in [1.54, 1.807) is 19.4 Å². The molecule has 2 aromatic heterocycles. The van der Waals surface area contributed by atoms with E-state index < -0.39 is 0 Å². The molecule has 0 saturated carbocycles. The van der Waals surface area contributed by atoms with E-state index in [0.29, 0.717) is 23.7 Å². The Balaban J connectivity index is 2.04. The number of rotatable bonds is 3. The highest BCUT2D eigenvalue weighted by Crippen LogP contribution is 2.25. The van der Waals surface area contributed by atoms with Crippen LogP contribution in [0.3, 0.4) is 0 Å². The fraction of sp³-hybridized carbons (Fsp3) is 0.143. The van der Waals surface area contributed by atoms with Crippen LogP contribution >= 0.6 is 0 Å². The molecule has 2 N–H and O–H groups in total. The molecule has 0 unspecified atom stereocenters. The van der Waals surface area contributed by atoms with Crippen LogP contribution in [-0.2, 0) is 6.54 Å². The van der Waals surface area contributed by atoms with Crippen molar-refractivity contribution in [2.75, 3.05) is 7.11 Å². The summed E-state index contributed by atoms with van der Waals surface area (Å²) >= 11 is 0. The van der Waals surface area contributed by atoms with Crippen LogP contribution in [0.4, 0.5) is 0 Å². The summed E-state index contributed by atoms with van der Waals surface area (Å²) in [6.45, 7) is 0.470. The maximum atomic E-state index is 5.69. The van der Waals surface area contributed by atoms with E-state index in [2.05, 4.69) is 9.97 Å². The summed E-state index contributed by atoms with van der Waals surface area (Å²) < 4.78 is 10.8. The molecule has 0 bridgehead atoms. The number of hydrogen-bond acceptors (Lipinski definition) is 5. The Hall–Kier alpha value is -2.40. The van der Waals surface area contributed by atoms with E-state index >= 15 is 0 Å².